The van der Waals surface area contributed by atoms with E-state index in [1.807, 2.05) is 0 Å². The van der Waals surface area contributed by atoms with Crippen LogP contribution >= 0.6 is 0 Å². The van der Waals surface area contributed by atoms with E-state index in [1.165, 1.54) is 0 Å². The van der Waals surface area contributed by atoms with Gasteiger partial charge in [-0.1, -0.05) is 0 Å². The van der Waals surface area contributed by atoms with Crippen molar-refractivity contribution in [3.63, 3.8) is 0 Å². The molecule has 0 aromatic heterocycles. The minimum absolute atomic E-state index is 0.0174. The molecule has 1 saturated heterocycles. The first-order valence-corrected chi connectivity index (χ1v) is 7.40. The largest absolute Gasteiger partial charge is 0.417 e. The Morgan fingerprint density at radius 1 is 1.24 bits per heavy atom. The van der Waals surface area contributed by atoms with Crippen molar-refractivity contribution >= 4 is 10.0 Å². The smallest absolute Gasteiger partial charge is 0.379 e. The molecule has 0 N–H and O–H groups in total. The fourth-order valence-electron chi connectivity index (χ4n) is 1.97. The summed E-state index contributed by atoms with van der Waals surface area (Å²) >= 11 is 0. The zero-order valence-corrected chi connectivity index (χ0v) is 11.5. The van der Waals surface area contributed by atoms with Gasteiger partial charge in [-0.25, -0.2) is 8.42 Å². The van der Waals surface area contributed by atoms with Gasteiger partial charge in [-0.3, -0.25) is 0 Å². The molecule has 114 valence electrons. The molecule has 1 aliphatic heterocycles. The number of halogens is 3. The number of hydrogen-bond acceptors (Lipinski definition) is 4. The third kappa shape index (κ3) is 3.18. The topological polar surface area (TPSA) is 70.4 Å². The molecule has 1 aromatic carbocycles. The molecule has 1 heterocycles. The number of ether oxygens (including phenoxy) is 1. The summed E-state index contributed by atoms with van der Waals surface area (Å²) in [7, 11) is -4.33. The van der Waals surface area contributed by atoms with E-state index in [-0.39, 0.29) is 31.9 Å². The minimum atomic E-state index is -4.82. The summed E-state index contributed by atoms with van der Waals surface area (Å²) in [5.74, 6) is 0. The van der Waals surface area contributed by atoms with Gasteiger partial charge in [0.25, 0.3) is 0 Å². The van der Waals surface area contributed by atoms with Gasteiger partial charge < -0.3 is 4.74 Å². The molecule has 0 bridgehead atoms. The maximum atomic E-state index is 13.0. The zero-order valence-electron chi connectivity index (χ0n) is 10.7. The molecule has 0 radical (unpaired) electrons. The van der Waals surface area contributed by atoms with Gasteiger partial charge in [0, 0.05) is 13.1 Å². The van der Waals surface area contributed by atoms with Crippen LogP contribution in [0.2, 0.25) is 0 Å². The number of hydrogen-bond donors (Lipinski definition) is 0. The highest BCUT2D eigenvalue weighted by Crippen LogP contribution is 2.35. The molecular formula is C12H11F3N2O3S. The Labute approximate surface area is 119 Å². The summed E-state index contributed by atoms with van der Waals surface area (Å²) in [5.41, 5.74) is -1.41. The van der Waals surface area contributed by atoms with Gasteiger partial charge in [-0.15, -0.1) is 0 Å². The van der Waals surface area contributed by atoms with Crippen LogP contribution in [-0.2, 0) is 20.9 Å². The predicted octanol–water partition coefficient (Wildman–Crippen LogP) is 1.60. The maximum absolute atomic E-state index is 13.0. The number of rotatable bonds is 2. The molecule has 9 heteroatoms. The zero-order chi connectivity index (χ0) is 15.7. The monoisotopic (exact) mass is 320 g/mol. The fourth-order valence-corrected chi connectivity index (χ4v) is 3.61. The Hall–Kier alpha value is -1.63. The van der Waals surface area contributed by atoms with Crippen molar-refractivity contribution in [2.75, 3.05) is 26.3 Å². The summed E-state index contributed by atoms with van der Waals surface area (Å²) in [6.45, 7) is 0.212. The molecule has 0 aliphatic carbocycles. The Kier molecular flexibility index (Phi) is 4.22. The molecule has 0 atom stereocenters. The lowest BCUT2D eigenvalue weighted by Gasteiger charge is -2.27. The van der Waals surface area contributed by atoms with Crippen LogP contribution in [0.15, 0.2) is 23.1 Å². The van der Waals surface area contributed by atoms with Crippen molar-refractivity contribution in [3.05, 3.63) is 29.3 Å². The van der Waals surface area contributed by atoms with E-state index >= 15 is 0 Å². The van der Waals surface area contributed by atoms with Crippen LogP contribution in [0.3, 0.4) is 0 Å². The first-order valence-electron chi connectivity index (χ1n) is 5.96. The van der Waals surface area contributed by atoms with Crippen LogP contribution < -0.4 is 0 Å². The summed E-state index contributed by atoms with van der Waals surface area (Å²) in [6, 6.07) is 3.97. The van der Waals surface area contributed by atoms with Gasteiger partial charge in [0.1, 0.15) is 0 Å². The molecule has 0 amide bonds. The molecule has 0 unspecified atom stereocenters. The van der Waals surface area contributed by atoms with Crippen LogP contribution in [0.25, 0.3) is 0 Å². The molecular weight excluding hydrogens is 309 g/mol. The van der Waals surface area contributed by atoms with E-state index in [0.29, 0.717) is 6.07 Å². The van der Waals surface area contributed by atoms with Crippen LogP contribution in [0.1, 0.15) is 11.1 Å². The maximum Gasteiger partial charge on any atom is 0.417 e. The summed E-state index contributed by atoms with van der Waals surface area (Å²) < 4.78 is 69.7. The number of sulfonamides is 1. The van der Waals surface area contributed by atoms with E-state index in [0.717, 1.165) is 16.4 Å². The van der Waals surface area contributed by atoms with Gasteiger partial charge >= 0.3 is 6.18 Å². The van der Waals surface area contributed by atoms with Crippen LogP contribution in [0.5, 0.6) is 0 Å². The van der Waals surface area contributed by atoms with E-state index < -0.39 is 26.7 Å². The normalized spacial score (nSPS) is 17.4. The fraction of sp³-hybridized carbons (Fsp3) is 0.417. The van der Waals surface area contributed by atoms with Gasteiger partial charge in [0.2, 0.25) is 10.0 Å². The van der Waals surface area contributed by atoms with E-state index in [1.54, 1.807) is 6.07 Å². The standard InChI is InChI=1S/C12H11F3N2O3S/c13-12(14,15)10-2-1-9(8-16)7-11(10)21(18,19)17-3-5-20-6-4-17/h1-2,7H,3-6H2. The van der Waals surface area contributed by atoms with Crippen molar-refractivity contribution in [1.29, 1.82) is 5.26 Å². The minimum Gasteiger partial charge on any atom is -0.379 e. The number of morpholine rings is 1. The molecule has 2 rings (SSSR count). The van der Waals surface area contributed by atoms with Crippen molar-refractivity contribution in [2.45, 2.75) is 11.1 Å². The second-order valence-corrected chi connectivity index (χ2v) is 6.24. The Morgan fingerprint density at radius 3 is 2.38 bits per heavy atom. The first-order chi connectivity index (χ1) is 9.76. The number of alkyl halides is 3. The molecule has 1 aliphatic rings. The lowest BCUT2D eigenvalue weighted by atomic mass is 10.1. The Balaban J connectivity index is 2.57. The molecule has 21 heavy (non-hydrogen) atoms. The second-order valence-electron chi connectivity index (χ2n) is 4.34. The Bertz CT molecular complexity index is 674. The molecule has 1 aromatic rings. The van der Waals surface area contributed by atoms with E-state index in [4.69, 9.17) is 10.00 Å². The number of nitriles is 1. The quantitative estimate of drug-likeness (QED) is 0.830. The molecule has 1 fully saturated rings. The molecule has 5 nitrogen and oxygen atoms in total. The molecule has 0 spiro atoms. The lowest BCUT2D eigenvalue weighted by molar-refractivity contribution is -0.139. The van der Waals surface area contributed by atoms with Crippen molar-refractivity contribution < 1.29 is 26.3 Å². The SMILES string of the molecule is N#Cc1ccc(C(F)(F)F)c(S(=O)(=O)N2CCOCC2)c1. The van der Waals surface area contributed by atoms with Gasteiger partial charge in [-0.05, 0) is 18.2 Å². The third-order valence-corrected chi connectivity index (χ3v) is 4.94. The van der Waals surface area contributed by atoms with Crippen molar-refractivity contribution in [1.82, 2.24) is 4.31 Å². The Morgan fingerprint density at radius 2 is 1.86 bits per heavy atom. The summed E-state index contributed by atoms with van der Waals surface area (Å²) in [6.07, 6.45) is -4.82. The third-order valence-electron chi connectivity index (χ3n) is 3.00. The summed E-state index contributed by atoms with van der Waals surface area (Å²) in [5, 5.41) is 8.77. The average Bonchev–Trinajstić information content (AvgIpc) is 2.46. The van der Waals surface area contributed by atoms with E-state index in [9.17, 15) is 21.6 Å². The van der Waals surface area contributed by atoms with Gasteiger partial charge in [-0.2, -0.15) is 22.7 Å². The highest BCUT2D eigenvalue weighted by Gasteiger charge is 2.39. The van der Waals surface area contributed by atoms with Crippen molar-refractivity contribution in [2.24, 2.45) is 0 Å². The van der Waals surface area contributed by atoms with Crippen molar-refractivity contribution in [3.8, 4) is 6.07 Å². The van der Waals surface area contributed by atoms with E-state index in [2.05, 4.69) is 0 Å². The van der Waals surface area contributed by atoms with Crippen LogP contribution in [0, 0.1) is 11.3 Å². The average molecular weight is 320 g/mol. The number of nitrogens with zero attached hydrogens (tertiary/aromatic N) is 2. The summed E-state index contributed by atoms with van der Waals surface area (Å²) in [4.78, 5) is -0.893. The predicted molar refractivity (Wildman–Crippen MR) is 65.7 cm³/mol. The van der Waals surface area contributed by atoms with Gasteiger partial charge in [0.15, 0.2) is 0 Å². The van der Waals surface area contributed by atoms with Crippen LogP contribution in [0.4, 0.5) is 13.2 Å². The van der Waals surface area contributed by atoms with Crippen LogP contribution in [-0.4, -0.2) is 39.0 Å². The van der Waals surface area contributed by atoms with Gasteiger partial charge in [0.05, 0.1) is 35.3 Å². The second kappa shape index (κ2) is 5.63. The lowest BCUT2D eigenvalue weighted by Crippen LogP contribution is -2.41. The first kappa shape index (κ1) is 15.8. The number of benzene rings is 1. The highest BCUT2D eigenvalue weighted by molar-refractivity contribution is 7.89. The highest BCUT2D eigenvalue weighted by atomic mass is 32.2. The molecule has 0 saturated carbocycles.